The van der Waals surface area contributed by atoms with Crippen LogP contribution in [0.4, 0.5) is 26.3 Å². The molecule has 1 fully saturated rings. The van der Waals surface area contributed by atoms with Gasteiger partial charge in [-0.25, -0.2) is 4.98 Å². The summed E-state index contributed by atoms with van der Waals surface area (Å²) in [5.41, 5.74) is 6.59. The van der Waals surface area contributed by atoms with E-state index >= 15 is 0 Å². The minimum absolute atomic E-state index is 0.287. The van der Waals surface area contributed by atoms with Crippen LogP contribution in [0.1, 0.15) is 51.4 Å². The molecule has 0 saturated heterocycles. The molecule has 4 radical (unpaired) electrons. The van der Waals surface area contributed by atoms with Gasteiger partial charge in [0.1, 0.15) is 5.82 Å². The fourth-order valence-electron chi connectivity index (χ4n) is 2.17. The van der Waals surface area contributed by atoms with Crippen LogP contribution in [-0.2, 0) is 17.9 Å². The SMILES string of the molecule is C1CC1.CC(C)(C)C(F)(F)F.FC(F)F.[B]C([B])(CNC)N(C=O)Cc1ccc2nc(CN)[nH]c2c1. The van der Waals surface area contributed by atoms with E-state index in [1.807, 2.05) is 18.2 Å². The molecule has 36 heavy (non-hydrogen) atoms. The molecular formula is C22H33B2F6N5O. The zero-order valence-electron chi connectivity index (χ0n) is 20.9. The highest BCUT2D eigenvalue weighted by atomic mass is 19.4. The van der Waals surface area contributed by atoms with Crippen LogP contribution >= 0.6 is 0 Å². The van der Waals surface area contributed by atoms with E-state index in [1.54, 1.807) is 7.05 Å². The summed E-state index contributed by atoms with van der Waals surface area (Å²) in [7, 11) is 13.6. The zero-order chi connectivity index (χ0) is 28.2. The Kier molecular flexibility index (Phi) is 14.2. The van der Waals surface area contributed by atoms with Gasteiger partial charge in [0.25, 0.3) is 0 Å². The number of H-pyrrole nitrogens is 1. The van der Waals surface area contributed by atoms with Crippen molar-refractivity contribution in [2.24, 2.45) is 11.1 Å². The number of aromatic nitrogens is 2. The lowest BCUT2D eigenvalue weighted by molar-refractivity contribution is -0.204. The van der Waals surface area contributed by atoms with Crippen LogP contribution in [-0.4, -0.2) is 68.8 Å². The maximum Gasteiger partial charge on any atom is 0.393 e. The lowest BCUT2D eigenvalue weighted by atomic mass is 9.60. The maximum absolute atomic E-state index is 11.6. The smallest absolute Gasteiger partial charge is 0.351 e. The number of imidazole rings is 1. The van der Waals surface area contributed by atoms with Crippen LogP contribution in [0.2, 0.25) is 0 Å². The first-order valence-corrected chi connectivity index (χ1v) is 11.1. The molecule has 1 aliphatic rings. The predicted molar refractivity (Wildman–Crippen MR) is 130 cm³/mol. The maximum atomic E-state index is 11.6. The third-order valence-electron chi connectivity index (χ3n) is 4.47. The van der Waals surface area contributed by atoms with Crippen molar-refractivity contribution in [3.8, 4) is 0 Å². The molecule has 6 nitrogen and oxygen atoms in total. The van der Waals surface area contributed by atoms with Gasteiger partial charge in [-0.2, -0.15) is 26.3 Å². The molecule has 1 aromatic heterocycles. The Labute approximate surface area is 210 Å². The summed E-state index contributed by atoms with van der Waals surface area (Å²) < 4.78 is 63.7. The van der Waals surface area contributed by atoms with E-state index in [9.17, 15) is 31.1 Å². The second-order valence-corrected chi connectivity index (χ2v) is 9.05. The number of nitrogens with zero attached hydrogens (tertiary/aromatic N) is 2. The quantitative estimate of drug-likeness (QED) is 0.292. The molecule has 0 atom stereocenters. The standard InChI is InChI=1S/C13H17B2N5O.C5H9F3.C3H6.CHF3/c1-17-7-13(14,15)20(8-21)6-9-2-3-10-11(4-9)19-12(5-16)18-10;1-4(2,3)5(6,7)8;1-2-3-1;2-1(3)4/h2-4,8,17H,5-7,16H2,1H3,(H,18,19);1-3H3;1-3H2;1H. The number of alkyl halides is 6. The number of likely N-dealkylation sites (N-methyl/N-ethyl adjacent to an activating group) is 1. The summed E-state index contributed by atoms with van der Waals surface area (Å²) >= 11 is 0. The molecule has 4 N–H and O–H groups in total. The van der Waals surface area contributed by atoms with Crippen LogP contribution in [0.5, 0.6) is 0 Å². The van der Waals surface area contributed by atoms with Gasteiger partial charge in [0.05, 0.1) is 38.7 Å². The van der Waals surface area contributed by atoms with Crippen molar-refractivity contribution in [1.29, 1.82) is 0 Å². The van der Waals surface area contributed by atoms with Crippen molar-refractivity contribution >= 4 is 33.1 Å². The lowest BCUT2D eigenvalue weighted by Crippen LogP contribution is -2.54. The summed E-state index contributed by atoms with van der Waals surface area (Å²) in [6, 6.07) is 5.67. The topological polar surface area (TPSA) is 87.0 Å². The minimum Gasteiger partial charge on any atom is -0.351 e. The van der Waals surface area contributed by atoms with E-state index in [1.165, 1.54) is 24.2 Å². The van der Waals surface area contributed by atoms with Crippen LogP contribution in [0.15, 0.2) is 18.2 Å². The molecule has 0 spiro atoms. The normalized spacial score (nSPS) is 13.0. The zero-order valence-corrected chi connectivity index (χ0v) is 20.9. The molecule has 1 heterocycles. The molecule has 1 amide bonds. The van der Waals surface area contributed by atoms with Gasteiger partial charge >= 0.3 is 12.9 Å². The number of fused-ring (bicyclic) bond motifs is 1. The molecule has 2 aromatic rings. The van der Waals surface area contributed by atoms with Crippen molar-refractivity contribution in [3.05, 3.63) is 29.6 Å². The molecule has 1 aromatic carbocycles. The van der Waals surface area contributed by atoms with Crippen molar-refractivity contribution in [1.82, 2.24) is 20.2 Å². The number of nitrogens with two attached hydrogens (primary N) is 1. The number of carbonyl (C=O) groups is 1. The Morgan fingerprint density at radius 3 is 2.03 bits per heavy atom. The van der Waals surface area contributed by atoms with E-state index < -0.39 is 23.6 Å². The second kappa shape index (κ2) is 15.1. The predicted octanol–water partition coefficient (Wildman–Crippen LogP) is 4.13. The molecule has 0 aliphatic heterocycles. The average Bonchev–Trinajstić information content (AvgIpc) is 3.56. The van der Waals surface area contributed by atoms with Crippen molar-refractivity contribution in [2.45, 2.75) is 71.3 Å². The first kappa shape index (κ1) is 33.8. The molecule has 0 unspecified atom stereocenters. The number of carbonyl (C=O) groups excluding carboxylic acids is 1. The molecule has 3 rings (SSSR count). The fraction of sp³-hybridized carbons (Fsp3) is 0.636. The first-order valence-electron chi connectivity index (χ1n) is 11.1. The largest absolute Gasteiger partial charge is 0.393 e. The monoisotopic (exact) mass is 519 g/mol. The molecule has 200 valence electrons. The summed E-state index contributed by atoms with van der Waals surface area (Å²) in [6.07, 6.45) is 1.09. The molecule has 0 bridgehead atoms. The van der Waals surface area contributed by atoms with Gasteiger partial charge in [-0.1, -0.05) is 46.1 Å². The van der Waals surface area contributed by atoms with Gasteiger partial charge in [0.15, 0.2) is 0 Å². The van der Waals surface area contributed by atoms with Crippen LogP contribution in [0.3, 0.4) is 0 Å². The third kappa shape index (κ3) is 13.8. The minimum atomic E-state index is -4.06. The third-order valence-corrected chi connectivity index (χ3v) is 4.47. The molecule has 1 aliphatic carbocycles. The van der Waals surface area contributed by atoms with E-state index in [2.05, 4.69) is 15.3 Å². The highest BCUT2D eigenvalue weighted by Crippen LogP contribution is 2.36. The average molecular weight is 519 g/mol. The summed E-state index contributed by atoms with van der Waals surface area (Å²) in [6.45, 7) is 0.717. The number of hydrogen-bond acceptors (Lipinski definition) is 4. The highest BCUT2D eigenvalue weighted by molar-refractivity contribution is 6.40. The van der Waals surface area contributed by atoms with Gasteiger partial charge in [-0.05, 0) is 30.1 Å². The van der Waals surface area contributed by atoms with E-state index in [0.717, 1.165) is 43.2 Å². The summed E-state index contributed by atoms with van der Waals surface area (Å²) in [5.74, 6) is 0.719. The fourth-order valence-corrected chi connectivity index (χ4v) is 2.17. The van der Waals surface area contributed by atoms with Gasteiger partial charge in [0.2, 0.25) is 6.41 Å². The first-order chi connectivity index (χ1) is 16.5. The van der Waals surface area contributed by atoms with E-state index in [-0.39, 0.29) is 6.54 Å². The highest BCUT2D eigenvalue weighted by Gasteiger charge is 2.42. The number of aromatic amines is 1. The van der Waals surface area contributed by atoms with Crippen LogP contribution < -0.4 is 11.1 Å². The molecular weight excluding hydrogens is 486 g/mol. The van der Waals surface area contributed by atoms with Gasteiger partial charge < -0.3 is 20.9 Å². The number of rotatable bonds is 7. The van der Waals surface area contributed by atoms with E-state index in [4.69, 9.17) is 21.4 Å². The lowest BCUT2D eigenvalue weighted by Gasteiger charge is -2.37. The van der Waals surface area contributed by atoms with Crippen molar-refractivity contribution < 1.29 is 31.1 Å². The van der Waals surface area contributed by atoms with Gasteiger partial charge in [-0.15, -0.1) is 0 Å². The summed E-state index contributed by atoms with van der Waals surface area (Å²) in [5, 5.41) is 1.62. The van der Waals surface area contributed by atoms with Crippen molar-refractivity contribution in [3.63, 3.8) is 0 Å². The molecule has 14 heteroatoms. The Morgan fingerprint density at radius 2 is 1.67 bits per heavy atom. The van der Waals surface area contributed by atoms with Crippen LogP contribution in [0, 0.1) is 5.41 Å². The number of nitrogens with one attached hydrogen (secondary N) is 2. The molecule has 1 saturated carbocycles. The number of halogens is 6. The number of hydrogen-bond donors (Lipinski definition) is 3. The van der Waals surface area contributed by atoms with E-state index in [0.29, 0.717) is 19.5 Å². The number of amides is 1. The summed E-state index contributed by atoms with van der Waals surface area (Å²) in [4.78, 5) is 20.0. The number of benzene rings is 1. The Morgan fingerprint density at radius 1 is 1.17 bits per heavy atom. The van der Waals surface area contributed by atoms with Gasteiger partial charge in [-0.3, -0.25) is 4.79 Å². The van der Waals surface area contributed by atoms with Gasteiger partial charge in [0, 0.05) is 13.1 Å². The second-order valence-electron chi connectivity index (χ2n) is 9.05. The van der Waals surface area contributed by atoms with Crippen molar-refractivity contribution in [2.75, 3.05) is 13.6 Å². The Hall–Kier alpha value is -2.21. The Balaban J connectivity index is 0.000000665. The Bertz CT molecular complexity index is 884. The van der Waals surface area contributed by atoms with Crippen LogP contribution in [0.25, 0.3) is 11.0 Å².